The lowest BCUT2D eigenvalue weighted by molar-refractivity contribution is -0.286. The van der Waals surface area contributed by atoms with Crippen LogP contribution in [-0.4, -0.2) is 214 Å². The number of hydrogen-bond donors (Lipinski definition) is 4. The van der Waals surface area contributed by atoms with Gasteiger partial charge >= 0.3 is 19.5 Å². The molecule has 4 amide bonds. The largest absolute Gasteiger partial charge is 1.00 e. The van der Waals surface area contributed by atoms with Crippen LogP contribution in [0.25, 0.3) is 0 Å². The third-order valence-electron chi connectivity index (χ3n) is 7.95. The summed E-state index contributed by atoms with van der Waals surface area (Å²) >= 11 is 17.7. The molecule has 0 aromatic carbocycles. The molecular formula is C29H57Br2Cl3N6O18PS3+. The first-order valence-corrected chi connectivity index (χ1v) is 28.1. The molecule has 0 aromatic rings. The summed E-state index contributed by atoms with van der Waals surface area (Å²) in [6, 6.07) is 0. The fourth-order valence-electron chi connectivity index (χ4n) is 5.14. The Morgan fingerprint density at radius 1 is 0.726 bits per heavy atom. The molecule has 33 heteroatoms. The molecule has 368 valence electrons. The van der Waals surface area contributed by atoms with Crippen molar-refractivity contribution in [2.45, 2.75) is 38.3 Å². The highest BCUT2D eigenvalue weighted by atomic mass is 79.9. The number of carbonyl (C=O) groups is 4. The Morgan fingerprint density at radius 3 is 1.29 bits per heavy atom. The van der Waals surface area contributed by atoms with Crippen LogP contribution < -0.4 is 5.09 Å². The van der Waals surface area contributed by atoms with Crippen LogP contribution in [0.3, 0.4) is 0 Å². The number of hydrogen-bond acceptors (Lipinski definition) is 16. The summed E-state index contributed by atoms with van der Waals surface area (Å²) < 4.78 is 103. The molecule has 24 nitrogen and oxygen atoms in total. The van der Waals surface area contributed by atoms with Crippen molar-refractivity contribution in [2.75, 3.05) is 120 Å². The average molecular weight is 1170 g/mol. The van der Waals surface area contributed by atoms with Gasteiger partial charge in [0.05, 0.1) is 45.2 Å². The third kappa shape index (κ3) is 30.6. The highest BCUT2D eigenvalue weighted by Crippen LogP contribution is 2.49. The SMILES string of the molecule is CS(=O)(=O)OCCC(=O)N1CCN(C(=O)CCOS(C)(=O)=O)CC1.Cl.O=C(CCBr)N1CCN(C(=O)CCBr)CC1.O=S(=O)(O)O.O=[P@@]1(N(CCCl)CCCl)N[C@@H](OO)CCO1.[H+]. The minimum atomic E-state index is -4.67. The zero-order chi connectivity index (χ0) is 46.9. The van der Waals surface area contributed by atoms with Gasteiger partial charge in [-0.15, -0.1) is 35.6 Å². The van der Waals surface area contributed by atoms with Crippen LogP contribution >= 0.6 is 75.1 Å². The molecule has 0 unspecified atom stereocenters. The fourth-order valence-corrected chi connectivity index (χ4v) is 9.26. The first kappa shape index (κ1) is 63.5. The molecule has 4 N–H and O–H groups in total. The van der Waals surface area contributed by atoms with Crippen LogP contribution in [0.15, 0.2) is 0 Å². The monoisotopic (exact) mass is 1170 g/mol. The molecule has 3 aliphatic rings. The van der Waals surface area contributed by atoms with Crippen molar-refractivity contribution < 1.29 is 82.6 Å². The van der Waals surface area contributed by atoms with Crippen molar-refractivity contribution >= 4 is 129 Å². The molecule has 3 heterocycles. The van der Waals surface area contributed by atoms with Gasteiger partial charge in [-0.05, 0) is 0 Å². The zero-order valence-electron chi connectivity index (χ0n) is 34.9. The summed E-state index contributed by atoms with van der Waals surface area (Å²) in [5.74, 6) is 0.485. The van der Waals surface area contributed by atoms with Crippen molar-refractivity contribution in [1.29, 1.82) is 0 Å². The summed E-state index contributed by atoms with van der Waals surface area (Å²) in [7, 11) is -15.0. The Bertz CT molecular complexity index is 1640. The topological polar surface area (TPSA) is 314 Å². The molecule has 0 aliphatic carbocycles. The summed E-state index contributed by atoms with van der Waals surface area (Å²) in [6.45, 7) is 4.59. The molecule has 2 atom stereocenters. The van der Waals surface area contributed by atoms with E-state index in [4.69, 9.17) is 50.5 Å². The second-order valence-electron chi connectivity index (χ2n) is 12.6. The first-order chi connectivity index (χ1) is 28.3. The van der Waals surface area contributed by atoms with E-state index in [-0.39, 0.29) is 70.1 Å². The van der Waals surface area contributed by atoms with E-state index in [9.17, 15) is 40.6 Å². The van der Waals surface area contributed by atoms with Crippen molar-refractivity contribution in [3.63, 3.8) is 0 Å². The second kappa shape index (κ2) is 33.0. The summed E-state index contributed by atoms with van der Waals surface area (Å²) in [6.07, 6.45) is 2.53. The van der Waals surface area contributed by atoms with Crippen LogP contribution in [0.5, 0.6) is 0 Å². The number of nitrogens with zero attached hydrogens (tertiary/aromatic N) is 5. The number of carbonyl (C=O) groups excluding carboxylic acids is 4. The van der Waals surface area contributed by atoms with Crippen molar-refractivity contribution in [3.05, 3.63) is 0 Å². The van der Waals surface area contributed by atoms with Crippen LogP contribution in [0.2, 0.25) is 0 Å². The predicted molar refractivity (Wildman–Crippen MR) is 238 cm³/mol. The lowest BCUT2D eigenvalue weighted by Crippen LogP contribution is -2.50. The maximum Gasteiger partial charge on any atom is 1.00 e. The molecule has 3 fully saturated rings. The van der Waals surface area contributed by atoms with E-state index in [0.717, 1.165) is 12.5 Å². The van der Waals surface area contributed by atoms with E-state index in [2.05, 4.69) is 50.2 Å². The van der Waals surface area contributed by atoms with E-state index >= 15 is 0 Å². The molecule has 0 radical (unpaired) electrons. The van der Waals surface area contributed by atoms with Gasteiger partial charge < -0.3 is 24.1 Å². The second-order valence-corrected chi connectivity index (χ2v) is 21.2. The number of nitrogens with one attached hydrogen (secondary N) is 1. The predicted octanol–water partition coefficient (Wildman–Crippen LogP) is 1.20. The fraction of sp³-hybridized carbons (Fsp3) is 0.862. The van der Waals surface area contributed by atoms with Crippen molar-refractivity contribution in [3.8, 4) is 0 Å². The molecule has 62 heavy (non-hydrogen) atoms. The summed E-state index contributed by atoms with van der Waals surface area (Å²) in [4.78, 5) is 57.8. The number of rotatable bonds is 18. The van der Waals surface area contributed by atoms with E-state index < -0.39 is 44.5 Å². The molecular weight excluding hydrogens is 1110 g/mol. The van der Waals surface area contributed by atoms with Gasteiger partial charge in [-0.1, -0.05) is 31.9 Å². The Kier molecular flexibility index (Phi) is 33.8. The van der Waals surface area contributed by atoms with E-state index in [1.54, 1.807) is 0 Å². The van der Waals surface area contributed by atoms with E-state index in [0.29, 0.717) is 107 Å². The van der Waals surface area contributed by atoms with Crippen LogP contribution in [0.4, 0.5) is 0 Å². The maximum atomic E-state index is 12.4. The Labute approximate surface area is 397 Å². The van der Waals surface area contributed by atoms with E-state index in [1.807, 2.05) is 9.80 Å². The molecule has 0 saturated carbocycles. The van der Waals surface area contributed by atoms with Gasteiger partial charge in [0.15, 0.2) is 6.23 Å². The normalized spacial score (nSPS) is 19.4. The Morgan fingerprint density at radius 2 is 1.03 bits per heavy atom. The highest BCUT2D eigenvalue weighted by Gasteiger charge is 2.38. The third-order valence-corrected chi connectivity index (χ3v) is 12.6. The van der Waals surface area contributed by atoms with Gasteiger partial charge in [-0.2, -0.15) is 25.3 Å². The zero-order valence-corrected chi connectivity index (χ0v) is 42.8. The highest BCUT2D eigenvalue weighted by molar-refractivity contribution is 9.09. The summed E-state index contributed by atoms with van der Waals surface area (Å²) in [5.41, 5.74) is 0. The van der Waals surface area contributed by atoms with Gasteiger partial charge in [0.1, 0.15) is 0 Å². The number of halogens is 5. The van der Waals surface area contributed by atoms with Crippen LogP contribution in [0, 0.1) is 0 Å². The van der Waals surface area contributed by atoms with Gasteiger partial charge in [0.2, 0.25) is 23.6 Å². The van der Waals surface area contributed by atoms with Gasteiger partial charge in [-0.3, -0.25) is 46.5 Å². The maximum absolute atomic E-state index is 12.4. The van der Waals surface area contributed by atoms with Gasteiger partial charge in [-0.25, -0.2) is 14.6 Å². The Balaban J connectivity index is -0.000000819. The lowest BCUT2D eigenvalue weighted by Gasteiger charge is -2.35. The number of amides is 4. The lowest BCUT2D eigenvalue weighted by atomic mass is 10.2. The smallest absolute Gasteiger partial charge is 0.339 e. The molecule has 3 saturated heterocycles. The molecule has 3 aliphatic heterocycles. The average Bonchev–Trinajstić information content (AvgIpc) is 3.17. The molecule has 3 rings (SSSR count). The first-order valence-electron chi connectivity index (χ1n) is 18.1. The van der Waals surface area contributed by atoms with E-state index in [1.165, 1.54) is 14.5 Å². The van der Waals surface area contributed by atoms with Crippen molar-refractivity contribution in [2.24, 2.45) is 0 Å². The standard InChI is InChI=1S/C12H22N2O8S2.C10H16Br2N2O2.C7H15Cl2N2O4P.ClH.H2O4S/c1-23(17,18)21-9-3-11(15)13-5-7-14(8-6-13)12(16)4-10-22-24(2,19)20;11-3-1-9(15)13-5-7-14(8-6-13)10(16)2-4-12;8-2-4-11(5-3-9)16(13)10-7(15-12)1-6-14-16;;1-5(2,3)4/h3-10H2,1-2H3;1-8H2;7,12H,1-6H2,(H,10,13);1H;(H2,1,2,3,4)/p+1/t;;7-,16-;;/m..0../s1. The molecule has 0 spiro atoms. The minimum Gasteiger partial charge on any atom is -0.339 e. The van der Waals surface area contributed by atoms with Crippen molar-refractivity contribution in [1.82, 2.24) is 29.4 Å². The Hall–Kier alpha value is -0.570. The number of piperazine rings is 2. The minimum absolute atomic E-state index is 0. The number of alkyl halides is 4. The van der Waals surface area contributed by atoms with Crippen LogP contribution in [-0.2, 0) is 72.2 Å². The van der Waals surface area contributed by atoms with Gasteiger partial charge in [0, 0.05) is 107 Å². The summed E-state index contributed by atoms with van der Waals surface area (Å²) in [5, 5.41) is 12.6. The quantitative estimate of drug-likeness (QED) is 0.0374. The molecule has 0 bridgehead atoms. The molecule has 0 aromatic heterocycles. The van der Waals surface area contributed by atoms with Gasteiger partial charge in [0.25, 0.3) is 20.2 Å². The van der Waals surface area contributed by atoms with Crippen LogP contribution in [0.1, 0.15) is 33.5 Å².